The van der Waals surface area contributed by atoms with E-state index in [1.807, 2.05) is 12.1 Å². The molecule has 67 heavy (non-hydrogen) atoms. The van der Waals surface area contributed by atoms with E-state index in [0.29, 0.717) is 46.9 Å². The Kier molecular flexibility index (Phi) is 14.0. The number of hydrogen-bond acceptors (Lipinski definition) is 13. The van der Waals surface area contributed by atoms with Crippen LogP contribution in [0.25, 0.3) is 11.0 Å². The first kappa shape index (κ1) is 46.4. The van der Waals surface area contributed by atoms with Crippen LogP contribution in [0.15, 0.2) is 57.9 Å². The fourth-order valence-electron chi connectivity index (χ4n) is 11.6. The Morgan fingerprint density at radius 2 is 1.57 bits per heavy atom. The molecule has 0 radical (unpaired) electrons. The Bertz CT molecular complexity index is 2520. The Labute approximate surface area is 393 Å². The van der Waals surface area contributed by atoms with Crippen molar-refractivity contribution in [2.24, 2.45) is 16.8 Å². The minimum Gasteiger partial charge on any atom is -0.372 e. The van der Waals surface area contributed by atoms with E-state index in [2.05, 4.69) is 72.1 Å². The number of imide groups is 1. The number of allylic oxidation sites excluding steroid dienone is 3. The number of nitrogens with one attached hydrogen (secondary N) is 2. The van der Waals surface area contributed by atoms with Crippen LogP contribution in [0, 0.1) is 18.8 Å². The monoisotopic (exact) mass is 914 g/mol. The zero-order valence-electron chi connectivity index (χ0n) is 39.6. The lowest BCUT2D eigenvalue weighted by Crippen LogP contribution is -2.52. The molecule has 16 heteroatoms. The Morgan fingerprint density at radius 1 is 0.881 bits per heavy atom. The first-order valence-electron chi connectivity index (χ1n) is 24.7. The maximum Gasteiger partial charge on any atom is 0.263 e. The summed E-state index contributed by atoms with van der Waals surface area (Å²) in [5, 5.41) is 6.30. The van der Waals surface area contributed by atoms with E-state index in [9.17, 15) is 24.0 Å². The molecule has 3 aromatic rings. The highest BCUT2D eigenvalue weighted by atomic mass is 16.2. The van der Waals surface area contributed by atoms with E-state index in [-0.39, 0.29) is 47.1 Å². The van der Waals surface area contributed by atoms with Crippen molar-refractivity contribution in [1.82, 2.24) is 39.5 Å². The number of aliphatic imine (C=N–C) groups is 1. The topological polar surface area (TPSA) is 169 Å². The Balaban J connectivity index is 0.692. The van der Waals surface area contributed by atoms with Crippen molar-refractivity contribution in [2.75, 3.05) is 75.7 Å². The number of aryl methyl sites for hydroxylation is 1. The van der Waals surface area contributed by atoms with Gasteiger partial charge in [-0.3, -0.25) is 38.8 Å². The van der Waals surface area contributed by atoms with Crippen LogP contribution in [0.5, 0.6) is 0 Å². The largest absolute Gasteiger partial charge is 0.372 e. The van der Waals surface area contributed by atoms with Crippen LogP contribution >= 0.6 is 0 Å². The van der Waals surface area contributed by atoms with Gasteiger partial charge in [-0.1, -0.05) is 12.8 Å². The van der Waals surface area contributed by atoms with Gasteiger partial charge in [-0.05, 0) is 145 Å². The summed E-state index contributed by atoms with van der Waals surface area (Å²) in [6.45, 7) is 20.2. The van der Waals surface area contributed by atoms with Crippen LogP contribution in [-0.4, -0.2) is 136 Å². The number of hydrogen-bond donors (Lipinski definition) is 2. The van der Waals surface area contributed by atoms with Crippen molar-refractivity contribution in [3.05, 3.63) is 80.7 Å². The first-order chi connectivity index (χ1) is 32.4. The van der Waals surface area contributed by atoms with Crippen LogP contribution in [0.3, 0.4) is 0 Å². The van der Waals surface area contributed by atoms with Crippen molar-refractivity contribution in [3.63, 3.8) is 0 Å². The lowest BCUT2D eigenvalue weighted by Gasteiger charge is -2.39. The van der Waals surface area contributed by atoms with Crippen molar-refractivity contribution < 1.29 is 19.2 Å². The highest BCUT2D eigenvalue weighted by Crippen LogP contribution is 2.35. The lowest BCUT2D eigenvalue weighted by molar-refractivity contribution is -0.136. The zero-order chi connectivity index (χ0) is 46.8. The van der Waals surface area contributed by atoms with Crippen LogP contribution in [0.2, 0.25) is 0 Å². The van der Waals surface area contributed by atoms with E-state index >= 15 is 0 Å². The van der Waals surface area contributed by atoms with E-state index in [0.717, 1.165) is 107 Å². The van der Waals surface area contributed by atoms with Crippen molar-refractivity contribution in [1.29, 1.82) is 0 Å². The molecule has 3 amide bonds. The molecule has 2 aromatic heterocycles. The van der Waals surface area contributed by atoms with Gasteiger partial charge in [0, 0.05) is 99.9 Å². The zero-order valence-corrected chi connectivity index (χ0v) is 39.6. The smallest absolute Gasteiger partial charge is 0.263 e. The average Bonchev–Trinajstić information content (AvgIpc) is 3.98. The number of Topliss-reactive ketones (excluding diaryl/α,β-unsaturated/α-hetero) is 1. The number of anilines is 2. The first-order valence-corrected chi connectivity index (χ1v) is 24.7. The molecule has 1 aliphatic carbocycles. The number of carbonyl (C=O) groups excluding carboxylic acids is 4. The number of rotatable bonds is 14. The fourth-order valence-corrected chi connectivity index (χ4v) is 11.6. The van der Waals surface area contributed by atoms with Gasteiger partial charge in [0.25, 0.3) is 11.5 Å². The summed E-state index contributed by atoms with van der Waals surface area (Å²) >= 11 is 0. The molecule has 6 aliphatic rings. The van der Waals surface area contributed by atoms with Gasteiger partial charge in [-0.2, -0.15) is 4.98 Å². The predicted molar refractivity (Wildman–Crippen MR) is 260 cm³/mol. The fraction of sp³-hybridized carbons (Fsp3) is 0.569. The Hall–Kier alpha value is -5.74. The van der Waals surface area contributed by atoms with Crippen molar-refractivity contribution >= 4 is 52.9 Å². The van der Waals surface area contributed by atoms with Crippen LogP contribution in [0.1, 0.15) is 122 Å². The summed E-state index contributed by atoms with van der Waals surface area (Å²) in [7, 11) is 0. The maximum absolute atomic E-state index is 13.6. The molecule has 0 spiro atoms. The summed E-state index contributed by atoms with van der Waals surface area (Å²) < 4.78 is 1.72. The quantitative estimate of drug-likeness (QED) is 0.0882. The molecule has 7 heterocycles. The number of nitrogens with zero attached hydrogens (tertiary/aromatic N) is 9. The number of likely N-dealkylation sites (tertiary alicyclic amines) is 1. The molecule has 5 aliphatic heterocycles. The van der Waals surface area contributed by atoms with Gasteiger partial charge in [0.05, 0.1) is 5.56 Å². The summed E-state index contributed by atoms with van der Waals surface area (Å²) in [4.78, 5) is 88.8. The highest BCUT2D eigenvalue weighted by Gasteiger charge is 2.39. The second kappa shape index (κ2) is 20.2. The molecule has 9 rings (SSSR count). The van der Waals surface area contributed by atoms with E-state index in [1.165, 1.54) is 52.1 Å². The molecular formula is C51H67N11O5. The normalized spacial score (nSPS) is 22.2. The number of benzene rings is 1. The van der Waals surface area contributed by atoms with E-state index in [4.69, 9.17) is 4.98 Å². The summed E-state index contributed by atoms with van der Waals surface area (Å²) in [5.74, 6) is 1.38. The number of pyridine rings is 1. The number of ketones is 1. The number of fused-ring (bicyclic) bond motifs is 2. The molecule has 0 bridgehead atoms. The minimum atomic E-state index is -0.586. The van der Waals surface area contributed by atoms with E-state index < -0.39 is 6.04 Å². The number of piperidine rings is 3. The van der Waals surface area contributed by atoms with Gasteiger partial charge in [-0.15, -0.1) is 0 Å². The molecule has 4 saturated heterocycles. The minimum absolute atomic E-state index is 0.00696. The molecule has 1 atom stereocenters. The third-order valence-corrected chi connectivity index (χ3v) is 15.6. The number of amides is 3. The predicted octanol–water partition coefficient (Wildman–Crippen LogP) is 5.67. The molecule has 1 aromatic carbocycles. The van der Waals surface area contributed by atoms with Gasteiger partial charge >= 0.3 is 0 Å². The second-order valence-electron chi connectivity index (χ2n) is 19.8. The summed E-state index contributed by atoms with van der Waals surface area (Å²) in [5.41, 5.74) is 5.05. The van der Waals surface area contributed by atoms with Crippen LogP contribution < -0.4 is 21.1 Å². The molecule has 16 nitrogen and oxygen atoms in total. The van der Waals surface area contributed by atoms with Gasteiger partial charge in [-0.25, -0.2) is 9.98 Å². The summed E-state index contributed by atoms with van der Waals surface area (Å²) in [6.07, 6.45) is 16.4. The maximum atomic E-state index is 13.6. The van der Waals surface area contributed by atoms with Crippen molar-refractivity contribution in [2.45, 2.75) is 110 Å². The van der Waals surface area contributed by atoms with Crippen molar-refractivity contribution in [3.8, 4) is 0 Å². The Morgan fingerprint density at radius 3 is 2.24 bits per heavy atom. The molecule has 1 saturated carbocycles. The van der Waals surface area contributed by atoms with Gasteiger partial charge < -0.3 is 24.9 Å². The van der Waals surface area contributed by atoms with Gasteiger partial charge in [0.2, 0.25) is 17.8 Å². The van der Waals surface area contributed by atoms with Gasteiger partial charge in [0.1, 0.15) is 17.5 Å². The standard InChI is InChI=1S/C51H67N11O5/c1-33(9-13-44(52-4)54-51-53-31-42-34(2)46(35(3)63)50(67)62(47(42)56-51)39-7-5-6-8-39)59-27-25-58(26-28-59)24-23-57-19-15-36(16-20-57)29-37-17-21-60(22-18-37)40-10-11-41-38(30-40)32-61(49(41)66)43-12-14-45(64)55-48(43)65/h9-11,13,30-31,36-37,39,43H,4-8,12,14-29,32H2,1-3H3,(H,53,54,56)(H,55,64,65)/b33-9+,44-13+/t43-/m0/s1. The third-order valence-electron chi connectivity index (χ3n) is 15.6. The number of carbonyl (C=O) groups is 4. The molecule has 2 N–H and O–H groups in total. The second-order valence-corrected chi connectivity index (χ2v) is 19.8. The number of piperazine rings is 1. The summed E-state index contributed by atoms with van der Waals surface area (Å²) in [6, 6.07) is 5.54. The molecule has 0 unspecified atom stereocenters. The SMILES string of the molecule is C=N/C(=C\C=C(/C)N1CCN(CCN2CCC(CC3CCN(c4ccc5c(c4)CN([C@H]4CCC(=O)NC4=O)C5=O)CC3)CC2)CC1)Nc1ncc2c(C)c(C(C)=O)c(=O)n(C3CCCC3)c2n1. The lowest BCUT2D eigenvalue weighted by atomic mass is 9.82. The average molecular weight is 914 g/mol. The van der Waals surface area contributed by atoms with E-state index in [1.54, 1.807) is 22.6 Å². The molecular weight excluding hydrogens is 847 g/mol. The number of aromatic nitrogens is 3. The van der Waals surface area contributed by atoms with Crippen LogP contribution in [0.4, 0.5) is 11.6 Å². The highest BCUT2D eigenvalue weighted by molar-refractivity contribution is 6.05. The van der Waals surface area contributed by atoms with Crippen LogP contribution in [-0.2, 0) is 16.1 Å². The van der Waals surface area contributed by atoms with Gasteiger partial charge in [0.15, 0.2) is 5.78 Å². The third kappa shape index (κ3) is 10.1. The molecule has 5 fully saturated rings. The molecule has 356 valence electrons.